The van der Waals surface area contributed by atoms with Crippen LogP contribution in [0.4, 0.5) is 0 Å². The fourth-order valence-corrected chi connectivity index (χ4v) is 10.7. The molecule has 6 heteroatoms. The van der Waals surface area contributed by atoms with Crippen LogP contribution >= 0.6 is 0 Å². The lowest BCUT2D eigenvalue weighted by molar-refractivity contribution is -0.143. The van der Waals surface area contributed by atoms with Crippen LogP contribution in [0.1, 0.15) is 127 Å². The van der Waals surface area contributed by atoms with E-state index < -0.39 is 16.6 Å². The van der Waals surface area contributed by atoms with E-state index in [1.165, 1.54) is 43.3 Å². The Morgan fingerprint density at radius 2 is 1.64 bits per heavy atom. The maximum Gasteiger partial charge on any atom is 0.305 e. The van der Waals surface area contributed by atoms with Gasteiger partial charge in [-0.15, -0.1) is 0 Å². The van der Waals surface area contributed by atoms with Crippen molar-refractivity contribution in [1.82, 2.24) is 0 Å². The number of allylic oxidation sites excluding steroid dienone is 3. The average molecular weight is 659 g/mol. The van der Waals surface area contributed by atoms with Crippen LogP contribution in [-0.2, 0) is 18.4 Å². The molecule has 0 aliphatic heterocycles. The fourth-order valence-electron chi connectivity index (χ4n) is 7.98. The molecule has 4 nitrogen and oxygen atoms in total. The van der Waals surface area contributed by atoms with Gasteiger partial charge in [-0.05, 0) is 129 Å². The second-order valence-electron chi connectivity index (χ2n) is 18.0. The van der Waals surface area contributed by atoms with Crippen LogP contribution < -0.4 is 0 Å². The smallest absolute Gasteiger partial charge is 0.305 e. The van der Waals surface area contributed by atoms with Gasteiger partial charge in [-0.3, -0.25) is 4.79 Å². The van der Waals surface area contributed by atoms with Crippen molar-refractivity contribution in [2.24, 2.45) is 23.2 Å². The Labute approximate surface area is 280 Å². The second kappa shape index (κ2) is 14.7. The molecule has 0 N–H and O–H groups in total. The summed E-state index contributed by atoms with van der Waals surface area (Å²) in [6.45, 7) is 35.5. The monoisotopic (exact) mass is 658 g/mol. The lowest BCUT2D eigenvalue weighted by Crippen LogP contribution is -2.49. The van der Waals surface area contributed by atoms with Gasteiger partial charge in [0.05, 0.1) is 18.8 Å². The first-order valence-electron chi connectivity index (χ1n) is 18.2. The molecule has 0 unspecified atom stereocenters. The molecule has 0 amide bonds. The van der Waals surface area contributed by atoms with Crippen molar-refractivity contribution < 1.29 is 18.4 Å². The van der Waals surface area contributed by atoms with Gasteiger partial charge in [0.1, 0.15) is 0 Å². The van der Waals surface area contributed by atoms with Gasteiger partial charge in [0, 0.05) is 12.8 Å². The zero-order chi connectivity index (χ0) is 34.0. The minimum Gasteiger partial charge on any atom is -0.466 e. The van der Waals surface area contributed by atoms with Crippen molar-refractivity contribution in [3.63, 3.8) is 0 Å². The molecule has 3 saturated carbocycles. The first-order chi connectivity index (χ1) is 20.6. The van der Waals surface area contributed by atoms with Gasteiger partial charge in [0.25, 0.3) is 0 Å². The third kappa shape index (κ3) is 9.15. The molecule has 0 bridgehead atoms. The quantitative estimate of drug-likeness (QED) is 0.164. The minimum atomic E-state index is -1.98. The van der Waals surface area contributed by atoms with Gasteiger partial charge < -0.3 is 13.6 Å². The van der Waals surface area contributed by atoms with E-state index in [1.807, 2.05) is 6.92 Å². The summed E-state index contributed by atoms with van der Waals surface area (Å²) in [6, 6.07) is 0. The van der Waals surface area contributed by atoms with Gasteiger partial charge in [-0.25, -0.2) is 0 Å². The molecule has 3 fully saturated rings. The summed E-state index contributed by atoms with van der Waals surface area (Å²) in [4.78, 5) is 11.9. The maximum atomic E-state index is 11.9. The standard InChI is InChI=1S/C39H70O4Si2/c1-15-41-36(40)20-16-18-28(2)33-23-24-34-30(19-17-25-39(33,34)10)21-22-31-26-32(42-44(11,12)37(4,5)6)27-35(29(31)3)43-45(13,14)38(7,8)9/h21-22,28,32-35H,3,15-20,23-27H2,1-2,4-14H3/b30-21+,31-22+/t28-,32+,33+,34-,35-,39+/m0/s1. The predicted octanol–water partition coefficient (Wildman–Crippen LogP) is 11.6. The Bertz CT molecular complexity index is 1110. The van der Waals surface area contributed by atoms with E-state index in [2.05, 4.69) is 100 Å². The SMILES string of the molecule is C=C1/C(=C/C=C2\CCC[C@]3(C)[C@@H]([C@@H](C)CCCC(=O)OCC)CC[C@@H]23)C[C@@H](O[Si](C)(C)C(C)(C)C)C[C@@H]1O[Si](C)(C)C(C)(C)C. The lowest BCUT2D eigenvalue weighted by atomic mass is 9.60. The summed E-state index contributed by atoms with van der Waals surface area (Å²) >= 11 is 0. The largest absolute Gasteiger partial charge is 0.466 e. The Kier molecular flexibility index (Phi) is 12.5. The summed E-state index contributed by atoms with van der Waals surface area (Å²) < 4.78 is 19.3. The van der Waals surface area contributed by atoms with Gasteiger partial charge in [0.2, 0.25) is 0 Å². The Morgan fingerprint density at radius 1 is 1.02 bits per heavy atom. The second-order valence-corrected chi connectivity index (χ2v) is 27.5. The summed E-state index contributed by atoms with van der Waals surface area (Å²) in [5.74, 6) is 1.95. The summed E-state index contributed by atoms with van der Waals surface area (Å²) in [5, 5.41) is 0.318. The minimum absolute atomic E-state index is 0.0157. The summed E-state index contributed by atoms with van der Waals surface area (Å²) in [7, 11) is -3.92. The zero-order valence-corrected chi connectivity index (χ0v) is 33.7. The van der Waals surface area contributed by atoms with E-state index >= 15 is 0 Å². The number of fused-ring (bicyclic) bond motifs is 1. The lowest BCUT2D eigenvalue weighted by Gasteiger charge is -2.46. The average Bonchev–Trinajstić information content (AvgIpc) is 3.25. The van der Waals surface area contributed by atoms with Gasteiger partial charge in [-0.1, -0.05) is 79.7 Å². The van der Waals surface area contributed by atoms with E-state index in [0.29, 0.717) is 30.3 Å². The molecule has 45 heavy (non-hydrogen) atoms. The number of esters is 1. The molecule has 3 aliphatic carbocycles. The van der Waals surface area contributed by atoms with Crippen LogP contribution in [-0.4, -0.2) is 41.4 Å². The molecule has 3 rings (SSSR count). The normalized spacial score (nSPS) is 30.9. The van der Waals surface area contributed by atoms with Gasteiger partial charge >= 0.3 is 5.97 Å². The summed E-state index contributed by atoms with van der Waals surface area (Å²) in [6.07, 6.45) is 15.9. The van der Waals surface area contributed by atoms with Crippen molar-refractivity contribution in [1.29, 1.82) is 0 Å². The van der Waals surface area contributed by atoms with E-state index in [0.717, 1.165) is 31.6 Å². The molecule has 0 heterocycles. The van der Waals surface area contributed by atoms with Gasteiger partial charge in [-0.2, -0.15) is 0 Å². The summed E-state index contributed by atoms with van der Waals surface area (Å²) in [5.41, 5.74) is 4.48. The molecular formula is C39H70O4Si2. The third-order valence-corrected chi connectivity index (χ3v) is 21.8. The van der Waals surface area contributed by atoms with Crippen LogP contribution in [0.25, 0.3) is 0 Å². The molecular weight excluding hydrogens is 589 g/mol. The Balaban J connectivity index is 1.84. The van der Waals surface area contributed by atoms with E-state index in [4.69, 9.17) is 13.6 Å². The number of rotatable bonds is 11. The van der Waals surface area contributed by atoms with E-state index in [1.54, 1.807) is 5.57 Å². The molecule has 0 spiro atoms. The highest BCUT2D eigenvalue weighted by Gasteiger charge is 2.50. The molecule has 0 radical (unpaired) electrons. The molecule has 0 aromatic heterocycles. The maximum absolute atomic E-state index is 11.9. The molecule has 0 aromatic rings. The number of carbonyl (C=O) groups excluding carboxylic acids is 1. The number of hydrogen-bond donors (Lipinski definition) is 0. The molecule has 0 aromatic carbocycles. The van der Waals surface area contributed by atoms with Crippen molar-refractivity contribution in [2.45, 2.75) is 175 Å². The van der Waals surface area contributed by atoms with Crippen molar-refractivity contribution in [3.05, 3.63) is 35.5 Å². The van der Waals surface area contributed by atoms with E-state index in [-0.39, 0.29) is 28.3 Å². The highest BCUT2D eigenvalue weighted by molar-refractivity contribution is 6.74. The highest BCUT2D eigenvalue weighted by Crippen LogP contribution is 2.60. The predicted molar refractivity (Wildman–Crippen MR) is 196 cm³/mol. The zero-order valence-electron chi connectivity index (χ0n) is 31.7. The van der Waals surface area contributed by atoms with Crippen molar-refractivity contribution in [3.8, 4) is 0 Å². The van der Waals surface area contributed by atoms with Crippen LogP contribution in [0, 0.1) is 23.2 Å². The van der Waals surface area contributed by atoms with Crippen LogP contribution in [0.15, 0.2) is 35.5 Å². The van der Waals surface area contributed by atoms with Crippen LogP contribution in [0.2, 0.25) is 36.3 Å². The number of hydrogen-bond acceptors (Lipinski definition) is 4. The fraction of sp³-hybridized carbons (Fsp3) is 0.821. The Hall–Kier alpha value is -0.956. The first-order valence-corrected chi connectivity index (χ1v) is 24.0. The van der Waals surface area contributed by atoms with E-state index in [9.17, 15) is 4.79 Å². The van der Waals surface area contributed by atoms with Crippen molar-refractivity contribution >= 4 is 22.6 Å². The van der Waals surface area contributed by atoms with Crippen LogP contribution in [0.5, 0.6) is 0 Å². The third-order valence-electron chi connectivity index (χ3n) is 12.8. The Morgan fingerprint density at radius 3 is 2.24 bits per heavy atom. The topological polar surface area (TPSA) is 44.8 Å². The van der Waals surface area contributed by atoms with Crippen LogP contribution in [0.3, 0.4) is 0 Å². The molecule has 258 valence electrons. The first kappa shape index (κ1) is 38.5. The number of ether oxygens (including phenoxy) is 1. The van der Waals surface area contributed by atoms with Gasteiger partial charge in [0.15, 0.2) is 16.6 Å². The molecule has 3 aliphatic rings. The number of carbonyl (C=O) groups is 1. The molecule has 6 atom stereocenters. The molecule has 0 saturated heterocycles. The highest BCUT2D eigenvalue weighted by atomic mass is 28.4. The van der Waals surface area contributed by atoms with Crippen molar-refractivity contribution in [2.75, 3.05) is 6.61 Å².